The third kappa shape index (κ3) is 6.92. The molecule has 0 bridgehead atoms. The molecule has 2 atom stereocenters. The molecule has 5 nitrogen and oxygen atoms in total. The predicted molar refractivity (Wildman–Crippen MR) is 47.7 cm³/mol. The Morgan fingerprint density at radius 3 is 1.92 bits per heavy atom. The highest BCUT2D eigenvalue weighted by Gasteiger charge is 2.19. The van der Waals surface area contributed by atoms with E-state index in [0.717, 1.165) is 0 Å². The van der Waals surface area contributed by atoms with Gasteiger partial charge in [-0.15, -0.1) is 0 Å². The van der Waals surface area contributed by atoms with Gasteiger partial charge in [0, 0.05) is 5.54 Å². The van der Waals surface area contributed by atoms with E-state index >= 15 is 0 Å². The van der Waals surface area contributed by atoms with Crippen LogP contribution in [-0.4, -0.2) is 39.7 Å². The minimum absolute atomic E-state index is 0.153. The Balaban J connectivity index is 3.81. The van der Waals surface area contributed by atoms with E-state index in [1.807, 2.05) is 20.8 Å². The van der Waals surface area contributed by atoms with Crippen LogP contribution in [0.3, 0.4) is 0 Å². The zero-order valence-electron chi connectivity index (χ0n) is 8.48. The van der Waals surface area contributed by atoms with Gasteiger partial charge in [0.05, 0.1) is 0 Å². The molecule has 80 valence electrons. The van der Waals surface area contributed by atoms with Crippen molar-refractivity contribution in [3.05, 3.63) is 0 Å². The molecule has 0 saturated heterocycles. The van der Waals surface area contributed by atoms with Crippen molar-refractivity contribution in [2.45, 2.75) is 52.0 Å². The zero-order valence-corrected chi connectivity index (χ0v) is 8.48. The quantitative estimate of drug-likeness (QED) is 0.447. The van der Waals surface area contributed by atoms with Crippen LogP contribution in [0.5, 0.6) is 0 Å². The summed E-state index contributed by atoms with van der Waals surface area (Å²) in [5.41, 5.74) is -0.153. The number of hydrogen-bond donors (Lipinski definition) is 4. The second kappa shape index (κ2) is 4.88. The maximum atomic E-state index is 8.93. The Labute approximate surface area is 78.3 Å². The summed E-state index contributed by atoms with van der Waals surface area (Å²) >= 11 is 0. The number of rotatable bonds is 4. The highest BCUT2D eigenvalue weighted by atomic mass is 16.7. The van der Waals surface area contributed by atoms with Crippen LogP contribution < -0.4 is 5.32 Å². The molecular weight excluding hydrogens is 174 g/mol. The lowest BCUT2D eigenvalue weighted by molar-refractivity contribution is -0.251. The van der Waals surface area contributed by atoms with E-state index < -0.39 is 18.8 Å². The third-order valence-electron chi connectivity index (χ3n) is 1.23. The van der Waals surface area contributed by atoms with E-state index in [-0.39, 0.29) is 5.54 Å². The summed E-state index contributed by atoms with van der Waals surface area (Å²) in [6.07, 6.45) is -3.90. The molecule has 0 amide bonds. The third-order valence-corrected chi connectivity index (χ3v) is 1.23. The normalized spacial score (nSPS) is 17.5. The van der Waals surface area contributed by atoms with Crippen molar-refractivity contribution in [3.8, 4) is 0 Å². The first kappa shape index (κ1) is 12.8. The van der Waals surface area contributed by atoms with Crippen molar-refractivity contribution in [2.24, 2.45) is 0 Å². The topological polar surface area (TPSA) is 82.0 Å². The average Bonchev–Trinajstić information content (AvgIpc) is 1.81. The zero-order chi connectivity index (χ0) is 10.6. The Bertz CT molecular complexity index is 144. The minimum Gasteiger partial charge on any atom is -0.364 e. The van der Waals surface area contributed by atoms with Crippen LogP contribution in [0.25, 0.3) is 0 Å². The van der Waals surface area contributed by atoms with Gasteiger partial charge in [-0.1, -0.05) is 0 Å². The molecule has 2 unspecified atom stereocenters. The van der Waals surface area contributed by atoms with Crippen molar-refractivity contribution < 1.29 is 20.1 Å². The van der Waals surface area contributed by atoms with Gasteiger partial charge in [-0.3, -0.25) is 5.32 Å². The maximum absolute atomic E-state index is 8.93. The summed E-state index contributed by atoms with van der Waals surface area (Å²) in [6.45, 7) is 7.49. The van der Waals surface area contributed by atoms with E-state index in [4.69, 9.17) is 20.1 Å². The van der Waals surface area contributed by atoms with E-state index in [2.05, 4.69) is 5.32 Å². The molecule has 0 aromatic rings. The number of aliphatic hydroxyl groups is 3. The van der Waals surface area contributed by atoms with E-state index in [9.17, 15) is 0 Å². The van der Waals surface area contributed by atoms with Gasteiger partial charge < -0.3 is 20.1 Å². The van der Waals surface area contributed by atoms with Gasteiger partial charge in [-0.05, 0) is 27.7 Å². The molecule has 0 radical (unpaired) electrons. The summed E-state index contributed by atoms with van der Waals surface area (Å²) in [4.78, 5) is 0. The number of aliphatic hydroxyl groups excluding tert-OH is 2. The largest absolute Gasteiger partial charge is 0.364 e. The fourth-order valence-electron chi connectivity index (χ4n) is 0.923. The van der Waals surface area contributed by atoms with Crippen molar-refractivity contribution in [1.29, 1.82) is 0 Å². The predicted octanol–water partition coefficient (Wildman–Crippen LogP) is -0.634. The molecule has 0 fully saturated rings. The van der Waals surface area contributed by atoms with Crippen LogP contribution in [0, 0.1) is 0 Å². The summed E-state index contributed by atoms with van der Waals surface area (Å²) in [6, 6.07) is 0. The lowest BCUT2D eigenvalue weighted by Crippen LogP contribution is -2.46. The molecule has 0 rings (SSSR count). The number of nitrogens with one attached hydrogen (secondary N) is 1. The van der Waals surface area contributed by atoms with Crippen LogP contribution in [0.1, 0.15) is 27.7 Å². The first-order valence-electron chi connectivity index (χ1n) is 4.20. The molecule has 0 heterocycles. The Morgan fingerprint density at radius 1 is 1.15 bits per heavy atom. The Morgan fingerprint density at radius 2 is 1.62 bits per heavy atom. The van der Waals surface area contributed by atoms with Gasteiger partial charge in [-0.2, -0.15) is 0 Å². The first-order valence-corrected chi connectivity index (χ1v) is 4.20. The molecule has 13 heavy (non-hydrogen) atoms. The van der Waals surface area contributed by atoms with Crippen LogP contribution in [0.2, 0.25) is 0 Å². The molecule has 4 N–H and O–H groups in total. The molecular formula is C8H19NO4. The first-order chi connectivity index (χ1) is 5.72. The second-order valence-electron chi connectivity index (χ2n) is 3.98. The van der Waals surface area contributed by atoms with Crippen LogP contribution in [0.4, 0.5) is 0 Å². The molecule has 0 aliphatic rings. The molecule has 0 spiro atoms. The van der Waals surface area contributed by atoms with Crippen LogP contribution in [0.15, 0.2) is 0 Å². The Hall–Kier alpha value is -0.200. The smallest absolute Gasteiger partial charge is 0.208 e. The minimum atomic E-state index is -1.87. The molecule has 0 aliphatic carbocycles. The van der Waals surface area contributed by atoms with Gasteiger partial charge in [0.2, 0.25) is 12.6 Å². The molecule has 0 aromatic carbocycles. The summed E-state index contributed by atoms with van der Waals surface area (Å²) in [5, 5.41) is 29.0. The highest BCUT2D eigenvalue weighted by Crippen LogP contribution is 2.04. The fraction of sp³-hybridized carbons (Fsp3) is 1.00. The van der Waals surface area contributed by atoms with Gasteiger partial charge in [0.25, 0.3) is 0 Å². The standard InChI is InChI=1S/C8H19NO4/c1-5(9-8(2,3)4)13-7(12)6(10)11/h5-7,9-12H,1-4H3. The summed E-state index contributed by atoms with van der Waals surface area (Å²) in [7, 11) is 0. The van der Waals surface area contributed by atoms with Crippen molar-refractivity contribution in [3.63, 3.8) is 0 Å². The summed E-state index contributed by atoms with van der Waals surface area (Å²) in [5.74, 6) is 0. The van der Waals surface area contributed by atoms with Crippen LogP contribution in [-0.2, 0) is 4.74 Å². The van der Waals surface area contributed by atoms with Crippen molar-refractivity contribution >= 4 is 0 Å². The monoisotopic (exact) mass is 193 g/mol. The molecule has 5 heteroatoms. The summed E-state index contributed by atoms with van der Waals surface area (Å²) < 4.78 is 4.83. The fourth-order valence-corrected chi connectivity index (χ4v) is 0.923. The van der Waals surface area contributed by atoms with Crippen molar-refractivity contribution in [1.82, 2.24) is 5.32 Å². The maximum Gasteiger partial charge on any atom is 0.208 e. The lowest BCUT2D eigenvalue weighted by Gasteiger charge is -2.28. The molecule has 0 aliphatic heterocycles. The average molecular weight is 193 g/mol. The van der Waals surface area contributed by atoms with Gasteiger partial charge in [0.1, 0.15) is 6.23 Å². The number of ether oxygens (including phenoxy) is 1. The van der Waals surface area contributed by atoms with Gasteiger partial charge in [0.15, 0.2) is 0 Å². The number of hydrogen-bond acceptors (Lipinski definition) is 5. The van der Waals surface area contributed by atoms with Crippen LogP contribution >= 0.6 is 0 Å². The lowest BCUT2D eigenvalue weighted by atomic mass is 10.1. The molecule has 0 saturated carbocycles. The van der Waals surface area contributed by atoms with E-state index in [0.29, 0.717) is 0 Å². The molecule has 0 aromatic heterocycles. The van der Waals surface area contributed by atoms with E-state index in [1.54, 1.807) is 6.92 Å². The van der Waals surface area contributed by atoms with Crippen molar-refractivity contribution in [2.75, 3.05) is 0 Å². The SMILES string of the molecule is CC(NC(C)(C)C)OC(O)C(O)O. The highest BCUT2D eigenvalue weighted by molar-refractivity contribution is 4.71. The van der Waals surface area contributed by atoms with Gasteiger partial charge >= 0.3 is 0 Å². The van der Waals surface area contributed by atoms with E-state index in [1.165, 1.54) is 0 Å². The Kier molecular flexibility index (Phi) is 4.80. The second-order valence-corrected chi connectivity index (χ2v) is 3.98. The van der Waals surface area contributed by atoms with Gasteiger partial charge in [-0.25, -0.2) is 0 Å².